The van der Waals surface area contributed by atoms with E-state index in [1.807, 2.05) is 13.8 Å². The Bertz CT molecular complexity index is 335. The number of aliphatic hydroxyl groups excluding tert-OH is 1. The second kappa shape index (κ2) is 4.67. The summed E-state index contributed by atoms with van der Waals surface area (Å²) in [7, 11) is 0. The molecule has 5 nitrogen and oxygen atoms in total. The smallest absolute Gasteiger partial charge is 0.197 e. The van der Waals surface area contributed by atoms with Crippen LogP contribution in [0.4, 0.5) is 0 Å². The lowest BCUT2D eigenvalue weighted by atomic mass is 9.87. The molecule has 3 rings (SSSR count). The van der Waals surface area contributed by atoms with Crippen LogP contribution in [0.15, 0.2) is 0 Å². The fraction of sp³-hybridized carbons (Fsp3) is 1.00. The summed E-state index contributed by atoms with van der Waals surface area (Å²) in [4.78, 5) is 0. The summed E-state index contributed by atoms with van der Waals surface area (Å²) < 4.78 is 23.3. The lowest BCUT2D eigenvalue weighted by Gasteiger charge is -2.47. The average molecular weight is 272 g/mol. The third kappa shape index (κ3) is 2.32. The van der Waals surface area contributed by atoms with Gasteiger partial charge in [0.15, 0.2) is 11.6 Å². The fourth-order valence-corrected chi connectivity index (χ4v) is 3.31. The van der Waals surface area contributed by atoms with Crippen molar-refractivity contribution in [2.45, 2.75) is 69.9 Å². The number of hydrogen-bond donors (Lipinski definition) is 1. The van der Waals surface area contributed by atoms with Gasteiger partial charge in [-0.25, -0.2) is 0 Å². The lowest BCUT2D eigenvalue weighted by molar-refractivity contribution is -0.344. The van der Waals surface area contributed by atoms with E-state index in [0.717, 1.165) is 19.3 Å². The van der Waals surface area contributed by atoms with Crippen LogP contribution in [0.1, 0.15) is 40.0 Å². The zero-order valence-corrected chi connectivity index (χ0v) is 11.9. The van der Waals surface area contributed by atoms with Crippen LogP contribution >= 0.6 is 0 Å². The van der Waals surface area contributed by atoms with Gasteiger partial charge in [0, 0.05) is 6.42 Å². The molecule has 0 amide bonds. The standard InChI is InChI=1S/C14H24O5/c1-4-9-5-6-14(16-7-9)12(15)11-10(8-17-14)18-13(2,3)19-11/h9-12,15H,4-8H2,1-3H3/t9-,10-,11-,12+,14-/m1/s1. The van der Waals surface area contributed by atoms with E-state index in [9.17, 15) is 5.11 Å². The van der Waals surface area contributed by atoms with Crippen molar-refractivity contribution in [1.82, 2.24) is 0 Å². The topological polar surface area (TPSA) is 57.2 Å². The maximum absolute atomic E-state index is 10.6. The summed E-state index contributed by atoms with van der Waals surface area (Å²) in [5.41, 5.74) is 0. The van der Waals surface area contributed by atoms with E-state index in [0.29, 0.717) is 19.1 Å². The molecule has 3 saturated heterocycles. The number of aliphatic hydroxyl groups is 1. The van der Waals surface area contributed by atoms with Gasteiger partial charge in [0.2, 0.25) is 0 Å². The second-order valence-electron chi connectivity index (χ2n) is 6.33. The SMILES string of the molecule is CC[C@@H]1CC[C@@]2(OC1)OC[C@H]1OC(C)(C)O[C@H]1[C@@H]2O. The van der Waals surface area contributed by atoms with E-state index >= 15 is 0 Å². The molecule has 1 spiro atoms. The molecule has 3 heterocycles. The summed E-state index contributed by atoms with van der Waals surface area (Å²) >= 11 is 0. The minimum Gasteiger partial charge on any atom is -0.385 e. The van der Waals surface area contributed by atoms with Gasteiger partial charge in [-0.1, -0.05) is 13.3 Å². The van der Waals surface area contributed by atoms with Gasteiger partial charge in [-0.2, -0.15) is 0 Å². The molecule has 3 aliphatic heterocycles. The third-order valence-corrected chi connectivity index (χ3v) is 4.52. The Balaban J connectivity index is 1.72. The zero-order chi connectivity index (χ0) is 13.7. The molecule has 3 fully saturated rings. The van der Waals surface area contributed by atoms with Crippen molar-refractivity contribution in [2.75, 3.05) is 13.2 Å². The van der Waals surface area contributed by atoms with Crippen molar-refractivity contribution in [3.05, 3.63) is 0 Å². The summed E-state index contributed by atoms with van der Waals surface area (Å²) in [5.74, 6) is -0.987. The summed E-state index contributed by atoms with van der Waals surface area (Å²) in [6, 6.07) is 0. The van der Waals surface area contributed by atoms with Crippen LogP contribution in [0.2, 0.25) is 0 Å². The third-order valence-electron chi connectivity index (χ3n) is 4.52. The first-order chi connectivity index (χ1) is 8.96. The Morgan fingerprint density at radius 1 is 1.16 bits per heavy atom. The predicted molar refractivity (Wildman–Crippen MR) is 67.5 cm³/mol. The van der Waals surface area contributed by atoms with E-state index in [1.165, 1.54) is 0 Å². The van der Waals surface area contributed by atoms with Gasteiger partial charge in [-0.3, -0.25) is 0 Å². The van der Waals surface area contributed by atoms with Crippen LogP contribution in [-0.4, -0.2) is 48.2 Å². The van der Waals surface area contributed by atoms with Crippen LogP contribution in [0.5, 0.6) is 0 Å². The summed E-state index contributed by atoms with van der Waals surface area (Å²) in [6.07, 6.45) is 1.50. The molecule has 0 saturated carbocycles. The van der Waals surface area contributed by atoms with Crippen LogP contribution < -0.4 is 0 Å². The van der Waals surface area contributed by atoms with Gasteiger partial charge in [0.1, 0.15) is 18.3 Å². The molecule has 19 heavy (non-hydrogen) atoms. The minimum absolute atomic E-state index is 0.205. The molecule has 5 atom stereocenters. The molecular weight excluding hydrogens is 248 g/mol. The molecule has 0 aliphatic carbocycles. The lowest BCUT2D eigenvalue weighted by Crippen LogP contribution is -2.62. The van der Waals surface area contributed by atoms with E-state index < -0.39 is 17.7 Å². The normalized spacial score (nSPS) is 49.3. The van der Waals surface area contributed by atoms with Gasteiger partial charge >= 0.3 is 0 Å². The summed E-state index contributed by atoms with van der Waals surface area (Å²) in [5, 5.41) is 10.6. The maximum Gasteiger partial charge on any atom is 0.197 e. The van der Waals surface area contributed by atoms with Crippen LogP contribution in [0, 0.1) is 5.92 Å². The molecule has 0 bridgehead atoms. The van der Waals surface area contributed by atoms with Crippen LogP contribution in [0.25, 0.3) is 0 Å². The first-order valence-electron chi connectivity index (χ1n) is 7.27. The number of rotatable bonds is 1. The predicted octanol–water partition coefficient (Wildman–Crippen LogP) is 1.43. The molecule has 0 aromatic heterocycles. The Labute approximate surface area is 114 Å². The Morgan fingerprint density at radius 2 is 1.89 bits per heavy atom. The van der Waals surface area contributed by atoms with E-state index in [1.54, 1.807) is 0 Å². The van der Waals surface area contributed by atoms with Crippen molar-refractivity contribution in [2.24, 2.45) is 5.92 Å². The molecule has 0 aromatic carbocycles. The first-order valence-corrected chi connectivity index (χ1v) is 7.27. The molecule has 1 N–H and O–H groups in total. The van der Waals surface area contributed by atoms with Crippen molar-refractivity contribution in [3.63, 3.8) is 0 Å². The molecule has 0 aromatic rings. The first kappa shape index (κ1) is 13.8. The van der Waals surface area contributed by atoms with Crippen molar-refractivity contribution in [3.8, 4) is 0 Å². The fourth-order valence-electron chi connectivity index (χ4n) is 3.31. The highest BCUT2D eigenvalue weighted by molar-refractivity contribution is 4.99. The quantitative estimate of drug-likeness (QED) is 0.782. The van der Waals surface area contributed by atoms with E-state index in [4.69, 9.17) is 18.9 Å². The monoisotopic (exact) mass is 272 g/mol. The highest BCUT2D eigenvalue weighted by Crippen LogP contribution is 2.43. The largest absolute Gasteiger partial charge is 0.385 e. The van der Waals surface area contributed by atoms with Crippen LogP contribution in [0.3, 0.4) is 0 Å². The van der Waals surface area contributed by atoms with E-state index in [-0.39, 0.29) is 12.2 Å². The molecule has 110 valence electrons. The van der Waals surface area contributed by atoms with E-state index in [2.05, 4.69) is 6.92 Å². The number of ether oxygens (including phenoxy) is 4. The van der Waals surface area contributed by atoms with Crippen LogP contribution in [-0.2, 0) is 18.9 Å². The summed E-state index contributed by atoms with van der Waals surface area (Å²) in [6.45, 7) is 6.95. The molecular formula is C14H24O5. The molecule has 0 radical (unpaired) electrons. The second-order valence-corrected chi connectivity index (χ2v) is 6.33. The Hall–Kier alpha value is -0.200. The molecule has 3 aliphatic rings. The number of fused-ring (bicyclic) bond motifs is 1. The number of hydrogen-bond acceptors (Lipinski definition) is 5. The minimum atomic E-state index is -0.892. The van der Waals surface area contributed by atoms with Crippen molar-refractivity contribution in [1.29, 1.82) is 0 Å². The van der Waals surface area contributed by atoms with Crippen molar-refractivity contribution >= 4 is 0 Å². The molecule has 5 heteroatoms. The molecule has 0 unspecified atom stereocenters. The van der Waals surface area contributed by atoms with Gasteiger partial charge < -0.3 is 24.1 Å². The Kier molecular flexibility index (Phi) is 3.38. The van der Waals surface area contributed by atoms with Gasteiger partial charge in [0.05, 0.1) is 13.2 Å². The zero-order valence-electron chi connectivity index (χ0n) is 11.9. The average Bonchev–Trinajstić information content (AvgIpc) is 2.71. The Morgan fingerprint density at radius 3 is 2.53 bits per heavy atom. The maximum atomic E-state index is 10.6. The van der Waals surface area contributed by atoms with Gasteiger partial charge in [-0.05, 0) is 26.2 Å². The van der Waals surface area contributed by atoms with Gasteiger partial charge in [-0.15, -0.1) is 0 Å². The van der Waals surface area contributed by atoms with Gasteiger partial charge in [0.25, 0.3) is 0 Å². The highest BCUT2D eigenvalue weighted by atomic mass is 16.8. The van der Waals surface area contributed by atoms with Crippen molar-refractivity contribution < 1.29 is 24.1 Å². The highest BCUT2D eigenvalue weighted by Gasteiger charge is 2.58.